The Hall–Kier alpha value is -2.81. The largest absolute Gasteiger partial charge is 0.460 e. The van der Waals surface area contributed by atoms with E-state index in [-0.39, 0.29) is 24.5 Å². The average Bonchev–Trinajstić information content (AvgIpc) is 3.16. The van der Waals surface area contributed by atoms with Gasteiger partial charge in [-0.2, -0.15) is 4.31 Å². The van der Waals surface area contributed by atoms with E-state index in [9.17, 15) is 18.3 Å². The average molecular weight is 441 g/mol. The molecular weight excluding hydrogens is 416 g/mol. The lowest BCUT2D eigenvalue weighted by Gasteiger charge is -2.23. The molecule has 2 atom stereocenters. The smallest absolute Gasteiger partial charge is 0.324 e. The van der Waals surface area contributed by atoms with Crippen molar-refractivity contribution in [2.75, 3.05) is 6.54 Å². The van der Waals surface area contributed by atoms with Crippen LogP contribution in [-0.4, -0.2) is 47.5 Å². The summed E-state index contributed by atoms with van der Waals surface area (Å²) in [6, 6.07) is 13.1. The first-order valence-electron chi connectivity index (χ1n) is 10.0. The molecule has 2 heterocycles. The number of benzene rings is 2. The molecular formula is C23H24N2O5S. The summed E-state index contributed by atoms with van der Waals surface area (Å²) < 4.78 is 32.9. The Morgan fingerprint density at radius 3 is 2.71 bits per heavy atom. The molecule has 0 saturated carbocycles. The molecule has 1 saturated heterocycles. The van der Waals surface area contributed by atoms with Gasteiger partial charge in [-0.15, -0.1) is 0 Å². The molecule has 3 aromatic rings. The van der Waals surface area contributed by atoms with Crippen molar-refractivity contribution in [3.8, 4) is 0 Å². The second-order valence-electron chi connectivity index (χ2n) is 7.83. The highest BCUT2D eigenvalue weighted by Crippen LogP contribution is 2.28. The summed E-state index contributed by atoms with van der Waals surface area (Å²) in [5, 5.41) is 11.1. The second-order valence-corrected chi connectivity index (χ2v) is 9.72. The van der Waals surface area contributed by atoms with E-state index in [4.69, 9.17) is 4.74 Å². The quantitative estimate of drug-likeness (QED) is 0.613. The Morgan fingerprint density at radius 1 is 1.16 bits per heavy atom. The third-order valence-corrected chi connectivity index (χ3v) is 7.55. The predicted octanol–water partition coefficient (Wildman–Crippen LogP) is 2.72. The minimum Gasteiger partial charge on any atom is -0.460 e. The van der Waals surface area contributed by atoms with E-state index in [0.717, 1.165) is 31.9 Å². The maximum atomic E-state index is 13.2. The molecule has 0 spiro atoms. The SMILES string of the molecule is Cc1ccc(S(=O)(=O)N2CC(O)C[C@@H]2C(=O)OCc2cccc3cccnc23)cc1C. The summed E-state index contributed by atoms with van der Waals surface area (Å²) in [5.41, 5.74) is 3.26. The zero-order valence-electron chi connectivity index (χ0n) is 17.4. The third-order valence-electron chi connectivity index (χ3n) is 5.68. The number of sulfonamides is 1. The number of aliphatic hydroxyl groups excluding tert-OH is 1. The fourth-order valence-electron chi connectivity index (χ4n) is 3.80. The number of esters is 1. The lowest BCUT2D eigenvalue weighted by Crippen LogP contribution is -2.41. The number of ether oxygens (including phenoxy) is 1. The number of β-amino-alcohol motifs (C(OH)–C–C–N with tert-alkyl or cyclic N) is 1. The van der Waals surface area contributed by atoms with Crippen molar-refractivity contribution in [3.63, 3.8) is 0 Å². The molecule has 0 amide bonds. The molecule has 0 aliphatic carbocycles. The van der Waals surface area contributed by atoms with Crippen LogP contribution >= 0.6 is 0 Å². The van der Waals surface area contributed by atoms with Crippen LogP contribution in [-0.2, 0) is 26.2 Å². The minimum absolute atomic E-state index is 0.00328. The highest BCUT2D eigenvalue weighted by molar-refractivity contribution is 7.89. The molecule has 1 fully saturated rings. The van der Waals surface area contributed by atoms with Crippen molar-refractivity contribution >= 4 is 26.9 Å². The molecule has 0 radical (unpaired) electrons. The number of carbonyl (C=O) groups is 1. The van der Waals surface area contributed by atoms with Crippen LogP contribution in [0.4, 0.5) is 0 Å². The summed E-state index contributed by atoms with van der Waals surface area (Å²) in [4.78, 5) is 17.3. The zero-order valence-corrected chi connectivity index (χ0v) is 18.2. The summed E-state index contributed by atoms with van der Waals surface area (Å²) >= 11 is 0. The van der Waals surface area contributed by atoms with Crippen LogP contribution in [0.15, 0.2) is 59.6 Å². The van der Waals surface area contributed by atoms with Crippen molar-refractivity contribution in [1.29, 1.82) is 0 Å². The molecule has 1 aromatic heterocycles. The third kappa shape index (κ3) is 4.19. The molecule has 8 heteroatoms. The first kappa shape index (κ1) is 21.4. The van der Waals surface area contributed by atoms with Crippen LogP contribution in [0.2, 0.25) is 0 Å². The molecule has 2 aromatic carbocycles. The number of aromatic nitrogens is 1. The zero-order chi connectivity index (χ0) is 22.2. The van der Waals surface area contributed by atoms with Gasteiger partial charge in [0.2, 0.25) is 10.0 Å². The van der Waals surface area contributed by atoms with Crippen LogP contribution in [0.3, 0.4) is 0 Å². The Labute approximate surface area is 181 Å². The Morgan fingerprint density at radius 2 is 1.94 bits per heavy atom. The van der Waals surface area contributed by atoms with E-state index >= 15 is 0 Å². The van der Waals surface area contributed by atoms with Crippen LogP contribution < -0.4 is 0 Å². The topological polar surface area (TPSA) is 96.8 Å². The predicted molar refractivity (Wildman–Crippen MR) is 116 cm³/mol. The van der Waals surface area contributed by atoms with Gasteiger partial charge < -0.3 is 9.84 Å². The van der Waals surface area contributed by atoms with Crippen LogP contribution in [0.25, 0.3) is 10.9 Å². The molecule has 0 bridgehead atoms. The van der Waals surface area contributed by atoms with Crippen LogP contribution in [0.5, 0.6) is 0 Å². The van der Waals surface area contributed by atoms with E-state index in [2.05, 4.69) is 4.98 Å². The number of fused-ring (bicyclic) bond motifs is 1. The van der Waals surface area contributed by atoms with Gasteiger partial charge in [-0.25, -0.2) is 8.42 Å². The van der Waals surface area contributed by atoms with E-state index in [0.29, 0.717) is 0 Å². The number of rotatable bonds is 5. The normalized spacial score (nSPS) is 19.6. The van der Waals surface area contributed by atoms with Crippen molar-refractivity contribution < 1.29 is 23.1 Å². The number of hydrogen-bond donors (Lipinski definition) is 1. The Balaban J connectivity index is 1.55. The standard InChI is InChI=1S/C23H24N2O5S/c1-15-8-9-20(11-16(15)2)31(28,29)25-13-19(26)12-21(25)23(27)30-14-18-6-3-5-17-7-4-10-24-22(17)18/h3-11,19,21,26H,12-14H2,1-2H3/t19?,21-/m1/s1. The number of pyridine rings is 1. The number of aryl methyl sites for hydroxylation is 2. The highest BCUT2D eigenvalue weighted by Gasteiger charge is 2.44. The van der Waals surface area contributed by atoms with Crippen molar-refractivity contribution in [3.05, 3.63) is 71.4 Å². The van der Waals surface area contributed by atoms with Crippen LogP contribution in [0, 0.1) is 13.8 Å². The summed E-state index contributed by atoms with van der Waals surface area (Å²) in [6.07, 6.45) is 0.730. The maximum absolute atomic E-state index is 13.2. The summed E-state index contributed by atoms with van der Waals surface area (Å²) in [6.45, 7) is 3.55. The lowest BCUT2D eigenvalue weighted by molar-refractivity contribution is -0.148. The van der Waals surface area contributed by atoms with E-state index in [1.54, 1.807) is 18.3 Å². The summed E-state index contributed by atoms with van der Waals surface area (Å²) in [7, 11) is -3.96. The fourth-order valence-corrected chi connectivity index (χ4v) is 5.51. The second kappa shape index (κ2) is 8.37. The molecule has 31 heavy (non-hydrogen) atoms. The van der Waals surface area contributed by atoms with Gasteiger partial charge in [0.1, 0.15) is 12.6 Å². The minimum atomic E-state index is -3.96. The number of aliphatic hydroxyl groups is 1. The maximum Gasteiger partial charge on any atom is 0.324 e. The Kier molecular flexibility index (Phi) is 5.79. The Bertz CT molecular complexity index is 1240. The van der Waals surface area contributed by atoms with Crippen molar-refractivity contribution in [2.24, 2.45) is 0 Å². The van der Waals surface area contributed by atoms with Gasteiger partial charge in [0, 0.05) is 30.1 Å². The molecule has 1 unspecified atom stereocenters. The number of carbonyl (C=O) groups excluding carboxylic acids is 1. The molecule has 1 aliphatic rings. The highest BCUT2D eigenvalue weighted by atomic mass is 32.2. The molecule has 7 nitrogen and oxygen atoms in total. The first-order valence-corrected chi connectivity index (χ1v) is 11.5. The fraction of sp³-hybridized carbons (Fsp3) is 0.304. The lowest BCUT2D eigenvalue weighted by atomic mass is 10.1. The van der Waals surface area contributed by atoms with Crippen molar-refractivity contribution in [1.82, 2.24) is 9.29 Å². The van der Waals surface area contributed by atoms with E-state index < -0.39 is 28.1 Å². The van der Waals surface area contributed by atoms with E-state index in [1.807, 2.05) is 44.2 Å². The van der Waals surface area contributed by atoms with Gasteiger partial charge in [-0.3, -0.25) is 9.78 Å². The van der Waals surface area contributed by atoms with Gasteiger partial charge in [-0.05, 0) is 43.2 Å². The van der Waals surface area contributed by atoms with Gasteiger partial charge in [0.15, 0.2) is 0 Å². The first-order chi connectivity index (χ1) is 14.8. The van der Waals surface area contributed by atoms with Gasteiger partial charge in [0.25, 0.3) is 0 Å². The molecule has 4 rings (SSSR count). The van der Waals surface area contributed by atoms with Gasteiger partial charge in [0.05, 0.1) is 16.5 Å². The number of hydrogen-bond acceptors (Lipinski definition) is 6. The molecule has 162 valence electrons. The van der Waals surface area contributed by atoms with Crippen molar-refractivity contribution in [2.45, 2.75) is 43.9 Å². The molecule has 1 N–H and O–H groups in total. The van der Waals surface area contributed by atoms with Crippen LogP contribution in [0.1, 0.15) is 23.1 Å². The summed E-state index contributed by atoms with van der Waals surface area (Å²) in [5.74, 6) is -0.683. The van der Waals surface area contributed by atoms with E-state index in [1.165, 1.54) is 6.07 Å². The van der Waals surface area contributed by atoms with Gasteiger partial charge in [-0.1, -0.05) is 30.3 Å². The monoisotopic (exact) mass is 440 g/mol. The number of para-hydroxylation sites is 1. The molecule has 1 aliphatic heterocycles. The van der Waals surface area contributed by atoms with Gasteiger partial charge >= 0.3 is 5.97 Å². The number of nitrogens with zero attached hydrogens (tertiary/aromatic N) is 2.